The summed E-state index contributed by atoms with van der Waals surface area (Å²) in [6.45, 7) is 4.27. The number of nitrogens with one attached hydrogen (secondary N) is 2. The van der Waals surface area contributed by atoms with Crippen LogP contribution in [0.25, 0.3) is 11.3 Å². The zero-order chi connectivity index (χ0) is 13.1. The maximum atomic E-state index is 5.40. The molecule has 0 aliphatic carbocycles. The highest BCUT2D eigenvalue weighted by Gasteiger charge is 2.15. The molecule has 0 fully saturated rings. The molecule has 5 heteroatoms. The van der Waals surface area contributed by atoms with Gasteiger partial charge in [-0.3, -0.25) is 5.10 Å². The Labute approximate surface area is 111 Å². The molecule has 0 unspecified atom stereocenters. The first-order valence-corrected chi connectivity index (χ1v) is 6.51. The number of hydrogen-bond acceptors (Lipinski definition) is 4. The molecule has 2 N–H and O–H groups in total. The Kier molecular flexibility index (Phi) is 3.37. The Bertz CT molecular complexity index is 566. The fourth-order valence-corrected chi connectivity index (χ4v) is 2.15. The van der Waals surface area contributed by atoms with E-state index in [0.29, 0.717) is 6.79 Å². The molecule has 0 spiro atoms. The van der Waals surface area contributed by atoms with E-state index in [2.05, 4.69) is 22.4 Å². The molecule has 0 bridgehead atoms. The van der Waals surface area contributed by atoms with Crippen LogP contribution in [0, 0.1) is 0 Å². The molecule has 0 saturated carbocycles. The summed E-state index contributed by atoms with van der Waals surface area (Å²) < 4.78 is 10.7. The Morgan fingerprint density at radius 3 is 3.11 bits per heavy atom. The molecule has 1 aliphatic heterocycles. The monoisotopic (exact) mass is 259 g/mol. The summed E-state index contributed by atoms with van der Waals surface area (Å²) in [4.78, 5) is 0. The SMILES string of the molecule is CCCNCc1cn[nH]c1-c1ccc2c(c1)OCO2. The van der Waals surface area contributed by atoms with Crippen molar-refractivity contribution in [3.63, 3.8) is 0 Å². The number of ether oxygens (including phenoxy) is 2. The molecule has 19 heavy (non-hydrogen) atoms. The van der Waals surface area contributed by atoms with Crippen LogP contribution in [0.1, 0.15) is 18.9 Å². The quantitative estimate of drug-likeness (QED) is 0.809. The van der Waals surface area contributed by atoms with Gasteiger partial charge >= 0.3 is 0 Å². The smallest absolute Gasteiger partial charge is 0.231 e. The highest BCUT2D eigenvalue weighted by Crippen LogP contribution is 2.36. The van der Waals surface area contributed by atoms with Crippen molar-refractivity contribution in [3.8, 4) is 22.8 Å². The fourth-order valence-electron chi connectivity index (χ4n) is 2.15. The zero-order valence-corrected chi connectivity index (χ0v) is 10.9. The molecule has 2 aromatic rings. The van der Waals surface area contributed by atoms with E-state index < -0.39 is 0 Å². The van der Waals surface area contributed by atoms with Gasteiger partial charge in [0.25, 0.3) is 0 Å². The average Bonchev–Trinajstić information content (AvgIpc) is 3.06. The summed E-state index contributed by atoms with van der Waals surface area (Å²) in [7, 11) is 0. The summed E-state index contributed by atoms with van der Waals surface area (Å²) in [5.74, 6) is 1.59. The van der Waals surface area contributed by atoms with Gasteiger partial charge in [-0.25, -0.2) is 0 Å². The van der Waals surface area contributed by atoms with Gasteiger partial charge in [-0.1, -0.05) is 6.92 Å². The maximum absolute atomic E-state index is 5.40. The van der Waals surface area contributed by atoms with Crippen LogP contribution in [-0.4, -0.2) is 23.5 Å². The van der Waals surface area contributed by atoms with E-state index in [1.165, 1.54) is 0 Å². The third-order valence-electron chi connectivity index (χ3n) is 3.12. The van der Waals surface area contributed by atoms with Crippen molar-refractivity contribution in [1.82, 2.24) is 15.5 Å². The highest BCUT2D eigenvalue weighted by molar-refractivity contribution is 5.66. The van der Waals surface area contributed by atoms with E-state index in [4.69, 9.17) is 9.47 Å². The van der Waals surface area contributed by atoms with E-state index in [0.717, 1.165) is 47.8 Å². The molecule has 3 rings (SSSR count). The van der Waals surface area contributed by atoms with Crippen LogP contribution in [0.3, 0.4) is 0 Å². The van der Waals surface area contributed by atoms with Crippen LogP contribution in [0.5, 0.6) is 11.5 Å². The number of benzene rings is 1. The van der Waals surface area contributed by atoms with E-state index in [1.54, 1.807) is 0 Å². The van der Waals surface area contributed by atoms with Gasteiger partial charge in [0.05, 0.1) is 11.9 Å². The first-order valence-electron chi connectivity index (χ1n) is 6.51. The topological polar surface area (TPSA) is 59.2 Å². The number of hydrogen-bond donors (Lipinski definition) is 2. The van der Waals surface area contributed by atoms with E-state index >= 15 is 0 Å². The van der Waals surface area contributed by atoms with Crippen molar-refractivity contribution >= 4 is 0 Å². The van der Waals surface area contributed by atoms with Crippen molar-refractivity contribution in [2.24, 2.45) is 0 Å². The third-order valence-corrected chi connectivity index (χ3v) is 3.12. The second-order valence-electron chi connectivity index (χ2n) is 4.52. The molecule has 1 aliphatic rings. The summed E-state index contributed by atoms with van der Waals surface area (Å²) in [5.41, 5.74) is 3.25. The van der Waals surface area contributed by atoms with Crippen LogP contribution >= 0.6 is 0 Å². The zero-order valence-electron chi connectivity index (χ0n) is 10.9. The third kappa shape index (κ3) is 2.42. The molecular formula is C14H17N3O2. The molecule has 0 saturated heterocycles. The Hall–Kier alpha value is -2.01. The van der Waals surface area contributed by atoms with Gasteiger partial charge in [-0.15, -0.1) is 0 Å². The van der Waals surface area contributed by atoms with E-state index in [9.17, 15) is 0 Å². The molecular weight excluding hydrogens is 242 g/mol. The van der Waals surface area contributed by atoms with E-state index in [1.807, 2.05) is 24.4 Å². The summed E-state index contributed by atoms with van der Waals surface area (Å²) >= 11 is 0. The number of H-pyrrole nitrogens is 1. The van der Waals surface area contributed by atoms with Gasteiger partial charge in [-0.2, -0.15) is 5.10 Å². The fraction of sp³-hybridized carbons (Fsp3) is 0.357. The maximum Gasteiger partial charge on any atom is 0.231 e. The number of aromatic amines is 1. The van der Waals surface area contributed by atoms with Crippen molar-refractivity contribution in [1.29, 1.82) is 0 Å². The molecule has 0 radical (unpaired) electrons. The lowest BCUT2D eigenvalue weighted by Gasteiger charge is -2.05. The van der Waals surface area contributed by atoms with Crippen LogP contribution in [-0.2, 0) is 6.54 Å². The highest BCUT2D eigenvalue weighted by atomic mass is 16.7. The van der Waals surface area contributed by atoms with Crippen LogP contribution in [0.4, 0.5) is 0 Å². The minimum Gasteiger partial charge on any atom is -0.454 e. The van der Waals surface area contributed by atoms with Crippen molar-refractivity contribution < 1.29 is 9.47 Å². The normalized spacial score (nSPS) is 12.9. The molecule has 1 aromatic heterocycles. The lowest BCUT2D eigenvalue weighted by molar-refractivity contribution is 0.174. The molecule has 2 heterocycles. The van der Waals surface area contributed by atoms with Gasteiger partial charge in [0.15, 0.2) is 11.5 Å². The number of nitrogens with zero attached hydrogens (tertiary/aromatic N) is 1. The van der Waals surface area contributed by atoms with Crippen LogP contribution in [0.15, 0.2) is 24.4 Å². The van der Waals surface area contributed by atoms with Crippen LogP contribution < -0.4 is 14.8 Å². The van der Waals surface area contributed by atoms with Crippen molar-refractivity contribution in [3.05, 3.63) is 30.0 Å². The van der Waals surface area contributed by atoms with E-state index in [-0.39, 0.29) is 0 Å². The average molecular weight is 259 g/mol. The van der Waals surface area contributed by atoms with Gasteiger partial charge in [0, 0.05) is 17.7 Å². The molecule has 1 aromatic carbocycles. The first-order chi connectivity index (χ1) is 9.38. The molecule has 0 atom stereocenters. The Morgan fingerprint density at radius 1 is 1.32 bits per heavy atom. The second kappa shape index (κ2) is 5.32. The second-order valence-corrected chi connectivity index (χ2v) is 4.52. The minimum atomic E-state index is 0.298. The molecule has 5 nitrogen and oxygen atoms in total. The summed E-state index contributed by atoms with van der Waals surface area (Å²) in [6.07, 6.45) is 2.99. The first kappa shape index (κ1) is 12.0. The van der Waals surface area contributed by atoms with Crippen molar-refractivity contribution in [2.45, 2.75) is 19.9 Å². The lowest BCUT2D eigenvalue weighted by atomic mass is 10.1. The van der Waals surface area contributed by atoms with Gasteiger partial charge in [0.1, 0.15) is 0 Å². The Balaban J connectivity index is 1.84. The predicted molar refractivity (Wildman–Crippen MR) is 72.1 cm³/mol. The molecule has 0 amide bonds. The van der Waals surface area contributed by atoms with Crippen LogP contribution in [0.2, 0.25) is 0 Å². The number of aromatic nitrogens is 2. The predicted octanol–water partition coefficient (Wildman–Crippen LogP) is 2.30. The summed E-state index contributed by atoms with van der Waals surface area (Å²) in [6, 6.07) is 5.94. The largest absolute Gasteiger partial charge is 0.454 e. The summed E-state index contributed by atoms with van der Waals surface area (Å²) in [5, 5.41) is 10.6. The number of rotatable bonds is 5. The Morgan fingerprint density at radius 2 is 2.21 bits per heavy atom. The van der Waals surface area contributed by atoms with Gasteiger partial charge < -0.3 is 14.8 Å². The van der Waals surface area contributed by atoms with Gasteiger partial charge in [0.2, 0.25) is 6.79 Å². The lowest BCUT2D eigenvalue weighted by Crippen LogP contribution is -2.13. The standard InChI is InChI=1S/C14H17N3O2/c1-2-5-15-7-11-8-16-17-14(11)10-3-4-12-13(6-10)19-9-18-12/h3-4,6,8,15H,2,5,7,9H2,1H3,(H,16,17). The van der Waals surface area contributed by atoms with Gasteiger partial charge in [-0.05, 0) is 31.2 Å². The molecule has 100 valence electrons. The minimum absolute atomic E-state index is 0.298. The van der Waals surface area contributed by atoms with Crippen molar-refractivity contribution in [2.75, 3.05) is 13.3 Å². The number of fused-ring (bicyclic) bond motifs is 1.